The maximum atomic E-state index is 17.2. The number of hydrogen-bond acceptors (Lipinski definition) is 12. The van der Waals surface area contributed by atoms with Crippen LogP contribution in [0.25, 0.3) is 43.8 Å². The number of piperidine rings is 3. The Bertz CT molecular complexity index is 3220. The van der Waals surface area contributed by atoms with Gasteiger partial charge in [0.05, 0.1) is 29.7 Å². The van der Waals surface area contributed by atoms with Crippen molar-refractivity contribution in [3.05, 3.63) is 71.2 Å². The Balaban J connectivity index is 0.708. The molecule has 8 heterocycles. The molecule has 5 aliphatic heterocycles. The van der Waals surface area contributed by atoms with Crippen molar-refractivity contribution in [1.82, 2.24) is 39.8 Å². The second-order valence-electron chi connectivity index (χ2n) is 21.3. The van der Waals surface area contributed by atoms with Gasteiger partial charge < -0.3 is 29.3 Å². The fourth-order valence-electron chi connectivity index (χ4n) is 12.3. The Hall–Kier alpha value is -6.60. The predicted molar refractivity (Wildman–Crippen MR) is 267 cm³/mol. The maximum Gasteiger partial charge on any atom is 0.329 e. The third-order valence-corrected chi connectivity index (χ3v) is 16.7. The second kappa shape index (κ2) is 18.4. The van der Waals surface area contributed by atoms with E-state index in [2.05, 4.69) is 25.2 Å². The number of ether oxygens (including phenoxy) is 2. The van der Waals surface area contributed by atoms with E-state index in [1.54, 1.807) is 30.1 Å². The summed E-state index contributed by atoms with van der Waals surface area (Å²) in [5.74, 6) is -1.12. The molecule has 1 atom stereocenters. The standard InChI is InChI=1S/C54H59F3N10O6/c1-3-35-40(55)6-5-33-23-34(68)24-38(44(33)35)46-45(57)47-39(27-58-46)48(66-16-4-12-54(29-66)15-22-73-54)61-51(60-47)72-30-53(13-14-53)28-64-17-7-32(8-18-64)50(70)65-19-9-31(10-20-65)36-26-42-37(25-41(36)56)49(62-63(42)2)67-21-11-43(69)59-52(67)71/h5-6,23-27,31-32,68H,3-4,7-22,28-30H2,1-2H3,(H,59,69,71)/t54-/m0/s1. The third kappa shape index (κ3) is 8.64. The number of halogens is 3. The summed E-state index contributed by atoms with van der Waals surface area (Å²) in [5.41, 5.74) is 1.51. The minimum absolute atomic E-state index is 0.0323. The first kappa shape index (κ1) is 47.4. The van der Waals surface area contributed by atoms with Gasteiger partial charge in [-0.05, 0) is 129 Å². The first-order valence-electron chi connectivity index (χ1n) is 25.9. The number of urea groups is 1. The van der Waals surface area contributed by atoms with Gasteiger partial charge in [0.1, 0.15) is 34.4 Å². The van der Waals surface area contributed by atoms with Crippen LogP contribution in [0, 0.1) is 28.8 Å². The largest absolute Gasteiger partial charge is 0.508 e. The fourth-order valence-corrected chi connectivity index (χ4v) is 12.3. The van der Waals surface area contributed by atoms with Crippen molar-refractivity contribution in [2.75, 3.05) is 75.4 Å². The molecule has 4 amide bonds. The fraction of sp³-hybridized carbons (Fsp3) is 0.500. The number of phenols is 1. The van der Waals surface area contributed by atoms with E-state index in [-0.39, 0.29) is 82.0 Å². The number of aromatic hydroxyl groups is 1. The number of nitrogens with one attached hydrogen (secondary N) is 1. The van der Waals surface area contributed by atoms with Crippen molar-refractivity contribution in [2.24, 2.45) is 18.4 Å². The number of imide groups is 1. The van der Waals surface area contributed by atoms with E-state index in [0.717, 1.165) is 64.6 Å². The number of carbonyl (C=O) groups is 3. The molecular weight excluding hydrogens is 942 g/mol. The molecule has 3 aromatic heterocycles. The van der Waals surface area contributed by atoms with Crippen LogP contribution in [0.3, 0.4) is 0 Å². The number of pyridine rings is 1. The van der Waals surface area contributed by atoms with Gasteiger partial charge in [0.25, 0.3) is 0 Å². The normalized spacial score (nSPS) is 21.9. The van der Waals surface area contributed by atoms with E-state index in [9.17, 15) is 19.5 Å². The van der Waals surface area contributed by atoms with Crippen LogP contribution in [0.2, 0.25) is 0 Å². The summed E-state index contributed by atoms with van der Waals surface area (Å²) in [6.45, 7) is 7.74. The molecule has 382 valence electrons. The molecule has 16 nitrogen and oxygen atoms in total. The molecule has 6 aliphatic rings. The zero-order valence-electron chi connectivity index (χ0n) is 41.2. The highest BCUT2D eigenvalue weighted by Crippen LogP contribution is 2.48. The lowest BCUT2D eigenvalue weighted by Crippen LogP contribution is -2.56. The Morgan fingerprint density at radius 2 is 1.71 bits per heavy atom. The van der Waals surface area contributed by atoms with Gasteiger partial charge in [-0.2, -0.15) is 15.1 Å². The van der Waals surface area contributed by atoms with Gasteiger partial charge in [0.2, 0.25) is 11.8 Å². The molecule has 12 rings (SSSR count). The van der Waals surface area contributed by atoms with Crippen molar-refractivity contribution in [3.8, 4) is 23.0 Å². The van der Waals surface area contributed by atoms with Crippen LogP contribution in [0.5, 0.6) is 11.8 Å². The number of amides is 4. The molecule has 6 fully saturated rings. The van der Waals surface area contributed by atoms with Gasteiger partial charge in [0.15, 0.2) is 11.6 Å². The third-order valence-electron chi connectivity index (χ3n) is 16.7. The summed E-state index contributed by atoms with van der Waals surface area (Å²) >= 11 is 0. The van der Waals surface area contributed by atoms with Gasteiger partial charge in [-0.1, -0.05) is 13.0 Å². The maximum absolute atomic E-state index is 17.2. The Morgan fingerprint density at radius 1 is 0.918 bits per heavy atom. The number of phenolic OH excluding ortho intramolecular Hbond substituents is 1. The van der Waals surface area contributed by atoms with E-state index in [1.165, 1.54) is 23.1 Å². The number of likely N-dealkylation sites (tertiary alicyclic amines) is 2. The minimum atomic E-state index is -0.711. The Labute approximate surface area is 419 Å². The molecule has 6 aromatic rings. The Morgan fingerprint density at radius 3 is 2.44 bits per heavy atom. The van der Waals surface area contributed by atoms with Gasteiger partial charge in [-0.15, -0.1) is 0 Å². The Kier molecular flexibility index (Phi) is 12.0. The van der Waals surface area contributed by atoms with Gasteiger partial charge >= 0.3 is 12.0 Å². The number of nitrogens with zero attached hydrogens (tertiary/aromatic N) is 9. The molecule has 73 heavy (non-hydrogen) atoms. The number of aryl methyl sites for hydroxylation is 2. The number of hydrogen-bond donors (Lipinski definition) is 2. The summed E-state index contributed by atoms with van der Waals surface area (Å²) in [4.78, 5) is 60.4. The summed E-state index contributed by atoms with van der Waals surface area (Å²) in [6, 6.07) is 8.64. The zero-order chi connectivity index (χ0) is 50.3. The lowest BCUT2D eigenvalue weighted by Gasteiger charge is -2.48. The van der Waals surface area contributed by atoms with Crippen LogP contribution in [0.15, 0.2) is 42.6 Å². The van der Waals surface area contributed by atoms with Crippen LogP contribution in [-0.2, 0) is 27.8 Å². The number of rotatable bonds is 11. The van der Waals surface area contributed by atoms with Crippen LogP contribution < -0.4 is 19.9 Å². The lowest BCUT2D eigenvalue weighted by molar-refractivity contribution is -0.151. The van der Waals surface area contributed by atoms with Crippen molar-refractivity contribution in [2.45, 2.75) is 89.1 Å². The van der Waals surface area contributed by atoms with Crippen LogP contribution >= 0.6 is 0 Å². The number of benzene rings is 3. The van der Waals surface area contributed by atoms with Crippen LogP contribution in [-0.4, -0.2) is 129 Å². The molecule has 1 spiro atoms. The molecule has 2 N–H and O–H groups in total. The molecule has 0 bridgehead atoms. The lowest BCUT2D eigenvalue weighted by atomic mass is 9.86. The van der Waals surface area contributed by atoms with Gasteiger partial charge in [-0.25, -0.2) is 18.0 Å². The average Bonchev–Trinajstić information content (AvgIpc) is 4.08. The molecule has 3 aromatic carbocycles. The summed E-state index contributed by atoms with van der Waals surface area (Å²) in [6.07, 6.45) is 9.45. The highest BCUT2D eigenvalue weighted by molar-refractivity contribution is 6.09. The van der Waals surface area contributed by atoms with Crippen molar-refractivity contribution >= 4 is 62.1 Å². The molecule has 19 heteroatoms. The number of anilines is 2. The molecular formula is C54H59F3N10O6. The van der Waals surface area contributed by atoms with E-state index in [4.69, 9.17) is 19.4 Å². The van der Waals surface area contributed by atoms with Crippen molar-refractivity contribution in [1.29, 1.82) is 0 Å². The highest BCUT2D eigenvalue weighted by atomic mass is 19.1. The first-order chi connectivity index (χ1) is 35.3. The summed E-state index contributed by atoms with van der Waals surface area (Å²) in [5, 5.41) is 19.6. The molecule has 1 saturated carbocycles. The SMILES string of the molecule is CCc1c(F)ccc2cc(O)cc(-c3ncc4c(N5CCC[C@]6(CCO6)C5)nc(OCC5(CN6CCC(C(=O)N7CCC(c8cc9c(cc8F)c(N8CCC(=O)NC8=O)nn9C)CC7)CC6)CC5)nc4c3F)c12. The predicted octanol–water partition coefficient (Wildman–Crippen LogP) is 7.90. The quantitative estimate of drug-likeness (QED) is 0.129. The van der Waals surface area contributed by atoms with Crippen molar-refractivity contribution in [3.63, 3.8) is 0 Å². The monoisotopic (exact) mass is 1000 g/mol. The van der Waals surface area contributed by atoms with E-state index in [1.807, 2.05) is 17.9 Å². The number of carbonyl (C=O) groups excluding carboxylic acids is 3. The van der Waals surface area contributed by atoms with Crippen LogP contribution in [0.4, 0.5) is 29.6 Å². The van der Waals surface area contributed by atoms with Gasteiger partial charge in [0, 0.05) is 87.6 Å². The van der Waals surface area contributed by atoms with Gasteiger partial charge in [-0.3, -0.25) is 29.5 Å². The summed E-state index contributed by atoms with van der Waals surface area (Å²) in [7, 11) is 1.75. The first-order valence-corrected chi connectivity index (χ1v) is 25.9. The minimum Gasteiger partial charge on any atom is -0.508 e. The zero-order valence-corrected chi connectivity index (χ0v) is 41.2. The van der Waals surface area contributed by atoms with Crippen LogP contribution in [0.1, 0.15) is 88.2 Å². The average molecular weight is 1000 g/mol. The molecule has 1 aliphatic carbocycles. The summed E-state index contributed by atoms with van der Waals surface area (Å²) < 4.78 is 62.5. The highest BCUT2D eigenvalue weighted by Gasteiger charge is 2.47. The smallest absolute Gasteiger partial charge is 0.329 e. The molecule has 5 saturated heterocycles. The molecule has 0 unspecified atom stereocenters. The number of aromatic nitrogens is 5. The van der Waals surface area contributed by atoms with Crippen molar-refractivity contribution < 1.29 is 42.1 Å². The molecule has 0 radical (unpaired) electrons. The topological polar surface area (TPSA) is 171 Å². The number of fused-ring (bicyclic) bond motifs is 3. The van der Waals surface area contributed by atoms with E-state index < -0.39 is 17.7 Å². The second-order valence-corrected chi connectivity index (χ2v) is 21.3. The van der Waals surface area contributed by atoms with E-state index >= 15 is 13.2 Å². The van der Waals surface area contributed by atoms with E-state index in [0.29, 0.717) is 108 Å².